The first-order valence-electron chi connectivity index (χ1n) is 2.85. The van der Waals surface area contributed by atoms with Crippen LogP contribution in [0.5, 0.6) is 0 Å². The third-order valence-corrected chi connectivity index (χ3v) is 3.58. The van der Waals surface area contributed by atoms with Gasteiger partial charge in [0.1, 0.15) is 11.5 Å². The summed E-state index contributed by atoms with van der Waals surface area (Å²) < 4.78 is 35.3. The second kappa shape index (κ2) is 2.40. The molecule has 1 rings (SSSR count). The van der Waals surface area contributed by atoms with E-state index >= 15 is 0 Å². The topological polar surface area (TPSA) is 0 Å². The van der Waals surface area contributed by atoms with Gasteiger partial charge in [0.15, 0.2) is 0 Å². The van der Waals surface area contributed by atoms with Crippen LogP contribution in [0.1, 0.15) is 12.8 Å². The van der Waals surface area contributed by atoms with Crippen molar-refractivity contribution in [1.29, 1.82) is 0 Å². The van der Waals surface area contributed by atoms with Crippen LogP contribution in [-0.2, 0) is 10.9 Å². The molecule has 0 saturated carbocycles. The van der Waals surface area contributed by atoms with Crippen molar-refractivity contribution in [2.45, 2.75) is 18.3 Å². The predicted molar refractivity (Wildman–Crippen MR) is 32.4 cm³/mol. The largest absolute Gasteiger partial charge is 0.574 e. The Morgan fingerprint density at radius 1 is 1.00 bits per heavy atom. The molecule has 0 aromatic heterocycles. The van der Waals surface area contributed by atoms with Gasteiger partial charge in [-0.3, -0.25) is 0 Å². The maximum atomic E-state index is 11.8. The van der Waals surface area contributed by atoms with Gasteiger partial charge in [0.2, 0.25) is 0 Å². The van der Waals surface area contributed by atoms with Crippen LogP contribution in [-0.4, -0.2) is 17.0 Å². The van der Waals surface area contributed by atoms with E-state index in [2.05, 4.69) is 0 Å². The molecule has 1 saturated heterocycles. The van der Waals surface area contributed by atoms with Gasteiger partial charge in [-0.1, -0.05) is 0 Å². The molecular weight excluding hydrogens is 149 g/mol. The summed E-state index contributed by atoms with van der Waals surface area (Å²) in [5, 5.41) is 0. The Hall–Kier alpha value is 0.140. The first-order valence-corrected chi connectivity index (χ1v) is 4.41. The van der Waals surface area contributed by atoms with Crippen molar-refractivity contribution in [2.75, 3.05) is 11.5 Å². The SMILES string of the molecule is FC(F)(F)[S+]1CCCC1. The third kappa shape index (κ3) is 1.78. The summed E-state index contributed by atoms with van der Waals surface area (Å²) >= 11 is 0. The van der Waals surface area contributed by atoms with E-state index in [9.17, 15) is 13.2 Å². The average Bonchev–Trinajstić information content (AvgIpc) is 2.08. The van der Waals surface area contributed by atoms with Gasteiger partial charge < -0.3 is 0 Å². The molecule has 0 bridgehead atoms. The Morgan fingerprint density at radius 3 is 1.67 bits per heavy atom. The molecule has 0 nitrogen and oxygen atoms in total. The zero-order valence-electron chi connectivity index (χ0n) is 4.87. The minimum atomic E-state index is -3.89. The zero-order valence-corrected chi connectivity index (χ0v) is 5.69. The van der Waals surface area contributed by atoms with Gasteiger partial charge in [0.25, 0.3) is 0 Å². The summed E-state index contributed by atoms with van der Waals surface area (Å²) in [5.41, 5.74) is -3.89. The quantitative estimate of drug-likeness (QED) is 0.471. The van der Waals surface area contributed by atoms with E-state index in [1.54, 1.807) is 0 Å². The van der Waals surface area contributed by atoms with Crippen molar-refractivity contribution in [3.63, 3.8) is 0 Å². The van der Waals surface area contributed by atoms with E-state index in [1.165, 1.54) is 0 Å². The Bertz CT molecular complexity index is 92.9. The van der Waals surface area contributed by atoms with E-state index in [4.69, 9.17) is 0 Å². The van der Waals surface area contributed by atoms with Gasteiger partial charge in [-0.15, -0.1) is 13.2 Å². The average molecular weight is 157 g/mol. The minimum Gasteiger partial charge on any atom is -0.123 e. The molecule has 0 radical (unpaired) electrons. The molecule has 0 N–H and O–H groups in total. The normalized spacial score (nSPS) is 23.0. The van der Waals surface area contributed by atoms with E-state index in [1.807, 2.05) is 0 Å². The second-order valence-corrected chi connectivity index (χ2v) is 4.32. The lowest BCUT2D eigenvalue weighted by Gasteiger charge is -2.01. The van der Waals surface area contributed by atoms with Crippen LogP contribution in [0.15, 0.2) is 0 Å². The van der Waals surface area contributed by atoms with Crippen molar-refractivity contribution in [3.05, 3.63) is 0 Å². The standard InChI is InChI=1S/C5H8F3S/c6-5(7,8)9-3-1-2-4-9/h1-4H2/q+1. The molecule has 9 heavy (non-hydrogen) atoms. The maximum Gasteiger partial charge on any atom is 0.574 e. The van der Waals surface area contributed by atoms with E-state index in [-0.39, 0.29) is 0 Å². The molecule has 0 atom stereocenters. The summed E-state index contributed by atoms with van der Waals surface area (Å²) in [5.74, 6) is 0.757. The number of hydrogen-bond donors (Lipinski definition) is 0. The lowest BCUT2D eigenvalue weighted by Crippen LogP contribution is -2.24. The molecule has 0 amide bonds. The Kier molecular flexibility index (Phi) is 1.94. The minimum absolute atomic E-state index is 0.378. The molecule has 1 aliphatic heterocycles. The van der Waals surface area contributed by atoms with E-state index in [0.717, 1.165) is 12.8 Å². The van der Waals surface area contributed by atoms with Crippen molar-refractivity contribution in [1.82, 2.24) is 0 Å². The number of hydrogen-bond acceptors (Lipinski definition) is 0. The molecule has 0 aromatic rings. The molecule has 54 valence electrons. The first-order chi connectivity index (χ1) is 4.11. The fraction of sp³-hybridized carbons (Fsp3) is 1.00. The van der Waals surface area contributed by atoms with Gasteiger partial charge in [-0.2, -0.15) is 0 Å². The lowest BCUT2D eigenvalue weighted by molar-refractivity contribution is -0.0365. The monoisotopic (exact) mass is 157 g/mol. The molecule has 1 aliphatic rings. The predicted octanol–water partition coefficient (Wildman–Crippen LogP) is 1.92. The van der Waals surface area contributed by atoms with Gasteiger partial charge in [-0.25, -0.2) is 0 Å². The highest BCUT2D eigenvalue weighted by Gasteiger charge is 2.51. The molecule has 1 heterocycles. The molecule has 1 fully saturated rings. The van der Waals surface area contributed by atoms with Crippen molar-refractivity contribution < 1.29 is 13.2 Å². The molecule has 0 spiro atoms. The number of alkyl halides is 3. The van der Waals surface area contributed by atoms with Gasteiger partial charge >= 0.3 is 5.51 Å². The van der Waals surface area contributed by atoms with Crippen LogP contribution in [0.25, 0.3) is 0 Å². The molecule has 0 aromatic carbocycles. The lowest BCUT2D eigenvalue weighted by atomic mass is 10.4. The van der Waals surface area contributed by atoms with Crippen molar-refractivity contribution in [2.24, 2.45) is 0 Å². The molecule has 0 unspecified atom stereocenters. The second-order valence-electron chi connectivity index (χ2n) is 2.05. The summed E-state index contributed by atoms with van der Waals surface area (Å²) in [6.07, 6.45) is 1.53. The van der Waals surface area contributed by atoms with Gasteiger partial charge in [0, 0.05) is 0 Å². The summed E-state index contributed by atoms with van der Waals surface area (Å²) in [4.78, 5) is 0. The molecular formula is C5H8F3S+. The highest BCUT2D eigenvalue weighted by Crippen LogP contribution is 2.31. The number of rotatable bonds is 0. The van der Waals surface area contributed by atoms with Gasteiger partial charge in [0.05, 0.1) is 10.9 Å². The fourth-order valence-electron chi connectivity index (χ4n) is 0.886. The molecule has 0 aliphatic carbocycles. The van der Waals surface area contributed by atoms with Crippen LogP contribution in [0.2, 0.25) is 0 Å². The number of halogens is 3. The van der Waals surface area contributed by atoms with Crippen LogP contribution >= 0.6 is 0 Å². The van der Waals surface area contributed by atoms with Crippen LogP contribution in [0, 0.1) is 0 Å². The third-order valence-electron chi connectivity index (χ3n) is 1.36. The smallest absolute Gasteiger partial charge is 0.123 e. The van der Waals surface area contributed by atoms with E-state index < -0.39 is 16.4 Å². The van der Waals surface area contributed by atoms with Crippen molar-refractivity contribution in [3.8, 4) is 0 Å². The summed E-state index contributed by atoms with van der Waals surface area (Å²) in [6.45, 7) is 0. The Balaban J connectivity index is 2.42. The first kappa shape index (κ1) is 7.25. The highest BCUT2D eigenvalue weighted by atomic mass is 32.2. The van der Waals surface area contributed by atoms with Crippen LogP contribution in [0.3, 0.4) is 0 Å². The summed E-state index contributed by atoms with van der Waals surface area (Å²) in [6, 6.07) is 0. The molecule has 4 heteroatoms. The fourth-order valence-corrected chi connectivity index (χ4v) is 2.66. The van der Waals surface area contributed by atoms with Crippen molar-refractivity contribution >= 4 is 10.9 Å². The Morgan fingerprint density at radius 2 is 1.44 bits per heavy atom. The Labute approximate surface area is 54.8 Å². The highest BCUT2D eigenvalue weighted by molar-refractivity contribution is 7.97. The summed E-state index contributed by atoms with van der Waals surface area (Å²) in [7, 11) is -1.24. The van der Waals surface area contributed by atoms with Crippen LogP contribution in [0.4, 0.5) is 13.2 Å². The van der Waals surface area contributed by atoms with Gasteiger partial charge in [-0.05, 0) is 12.8 Å². The van der Waals surface area contributed by atoms with Crippen LogP contribution < -0.4 is 0 Å². The van der Waals surface area contributed by atoms with E-state index in [0.29, 0.717) is 11.5 Å². The zero-order chi connectivity index (χ0) is 6.91. The maximum absolute atomic E-state index is 11.8.